The second-order valence-corrected chi connectivity index (χ2v) is 13.4. The molecule has 2 aromatic rings. The van der Waals surface area contributed by atoms with Gasteiger partial charge in [-0.25, -0.2) is 4.98 Å². The predicted molar refractivity (Wildman–Crippen MR) is 144 cm³/mol. The van der Waals surface area contributed by atoms with Crippen molar-refractivity contribution < 1.29 is 15.0 Å². The summed E-state index contributed by atoms with van der Waals surface area (Å²) in [6.45, 7) is 7.20. The van der Waals surface area contributed by atoms with E-state index in [1.165, 1.54) is 53.2 Å². The van der Waals surface area contributed by atoms with E-state index in [1.807, 2.05) is 11.3 Å². The van der Waals surface area contributed by atoms with Gasteiger partial charge in [-0.05, 0) is 50.0 Å². The van der Waals surface area contributed by atoms with E-state index in [1.54, 1.807) is 4.90 Å². The summed E-state index contributed by atoms with van der Waals surface area (Å²) in [6.07, 6.45) is 9.89. The van der Waals surface area contributed by atoms with Gasteiger partial charge in [-0.2, -0.15) is 0 Å². The summed E-state index contributed by atoms with van der Waals surface area (Å²) in [6, 6.07) is 11.5. The first-order valence-corrected chi connectivity index (χ1v) is 15.3. The number of nitrogens with one attached hydrogen (secondary N) is 1. The Hall–Kier alpha value is -1.76. The number of amides is 1. The lowest BCUT2D eigenvalue weighted by molar-refractivity contribution is -0.884. The van der Waals surface area contributed by atoms with E-state index in [-0.39, 0.29) is 11.3 Å². The number of likely N-dealkylation sites (N-methyl/N-ethyl adjacent to an activating group) is 1. The number of carbonyl (C=O) groups excluding carboxylic acids is 1. The fourth-order valence-corrected chi connectivity index (χ4v) is 9.41. The van der Waals surface area contributed by atoms with Crippen LogP contribution in [0.15, 0.2) is 30.3 Å². The number of rotatable bonds is 3. The molecule has 1 aromatic heterocycles. The fourth-order valence-electron chi connectivity index (χ4n) is 8.19. The Bertz CT molecular complexity index is 1060. The molecule has 5 atom stereocenters. The third-order valence-electron chi connectivity index (χ3n) is 9.93. The highest BCUT2D eigenvalue weighted by Gasteiger charge is 2.58. The van der Waals surface area contributed by atoms with Crippen LogP contribution in [0, 0.1) is 18.8 Å². The molecule has 1 aromatic carbocycles. The number of hydrogen-bond acceptors (Lipinski definition) is 3. The number of thiazole rings is 1. The van der Waals surface area contributed by atoms with E-state index < -0.39 is 0 Å². The zero-order chi connectivity index (χ0) is 24.7. The highest BCUT2D eigenvalue weighted by atomic mass is 32.1. The van der Waals surface area contributed by atoms with Gasteiger partial charge in [-0.3, -0.25) is 4.79 Å². The monoisotopic (exact) mass is 508 g/mol. The smallest absolute Gasteiger partial charge is 0.233 e. The molecule has 36 heavy (non-hydrogen) atoms. The van der Waals surface area contributed by atoms with Gasteiger partial charge in [0.1, 0.15) is 11.3 Å². The molecule has 194 valence electrons. The Balaban J connectivity index is 1.32. The minimum Gasteiger partial charge on any atom is -0.345 e. The van der Waals surface area contributed by atoms with E-state index in [4.69, 9.17) is 4.98 Å². The highest BCUT2D eigenvalue weighted by molar-refractivity contribution is 7.11. The summed E-state index contributed by atoms with van der Waals surface area (Å²) in [5, 5.41) is 3.60. The topological polar surface area (TPSA) is 54.2 Å². The molecule has 4 heterocycles. The summed E-state index contributed by atoms with van der Waals surface area (Å²) in [4.78, 5) is 25.1. The Labute approximate surface area is 220 Å². The van der Waals surface area contributed by atoms with Gasteiger partial charge < -0.3 is 15.1 Å². The van der Waals surface area contributed by atoms with Crippen molar-refractivity contribution in [2.24, 2.45) is 11.8 Å². The van der Waals surface area contributed by atoms with Gasteiger partial charge in [0, 0.05) is 23.9 Å². The number of carbonyl (C=O) groups is 1. The van der Waals surface area contributed by atoms with Crippen LogP contribution in [0.25, 0.3) is 0 Å². The maximum Gasteiger partial charge on any atom is 0.233 e. The first-order chi connectivity index (χ1) is 17.5. The van der Waals surface area contributed by atoms with Crippen LogP contribution in [-0.4, -0.2) is 61.6 Å². The maximum absolute atomic E-state index is 14.7. The number of aromatic nitrogens is 1. The van der Waals surface area contributed by atoms with Crippen LogP contribution in [0.5, 0.6) is 0 Å². The van der Waals surface area contributed by atoms with Crippen LogP contribution >= 0.6 is 11.3 Å². The van der Waals surface area contributed by atoms with Gasteiger partial charge in [0.05, 0.1) is 43.9 Å². The van der Waals surface area contributed by atoms with Gasteiger partial charge in [-0.15, -0.1) is 11.3 Å². The molecular weight excluding hydrogens is 464 g/mol. The van der Waals surface area contributed by atoms with Crippen LogP contribution < -0.4 is 10.2 Å². The Morgan fingerprint density at radius 1 is 1.17 bits per heavy atom. The lowest BCUT2D eigenvalue weighted by atomic mass is 9.72. The normalized spacial score (nSPS) is 33.4. The minimum absolute atomic E-state index is 0.0632. The largest absolute Gasteiger partial charge is 0.345 e. The van der Waals surface area contributed by atoms with Gasteiger partial charge in [0.2, 0.25) is 5.91 Å². The van der Waals surface area contributed by atoms with Gasteiger partial charge in [0.25, 0.3) is 0 Å². The quantitative estimate of drug-likeness (QED) is 0.669. The van der Waals surface area contributed by atoms with E-state index >= 15 is 0 Å². The molecule has 1 amide bonds. The number of hydrogen-bond donors (Lipinski definition) is 2. The first-order valence-electron chi connectivity index (χ1n) is 14.5. The number of quaternary nitrogens is 2. The molecule has 1 aliphatic carbocycles. The molecule has 2 unspecified atom stereocenters. The SMILES string of the molecule is Cc1nc2c(s1)[C@@]1(C[NH2+]CC1C(=O)N1CC[C@@H](c3ccccc3)C[C@H]1C1CCCCC1)C[NH+](C)CC2. The molecule has 1 saturated carbocycles. The third kappa shape index (κ3) is 4.43. The van der Waals surface area contributed by atoms with Crippen LogP contribution in [0.2, 0.25) is 0 Å². The molecule has 0 radical (unpaired) electrons. The fraction of sp³-hybridized carbons (Fsp3) is 0.667. The summed E-state index contributed by atoms with van der Waals surface area (Å²) >= 11 is 1.88. The molecule has 0 bridgehead atoms. The number of nitrogens with two attached hydrogens (primary N) is 1. The summed E-state index contributed by atoms with van der Waals surface area (Å²) in [5.74, 6) is 1.77. The molecule has 3 aliphatic heterocycles. The number of aryl methyl sites for hydroxylation is 1. The van der Waals surface area contributed by atoms with Crippen molar-refractivity contribution in [3.63, 3.8) is 0 Å². The van der Waals surface area contributed by atoms with Gasteiger partial charge >= 0.3 is 0 Å². The molecule has 5 nitrogen and oxygen atoms in total. The molecule has 2 saturated heterocycles. The number of nitrogens with zero attached hydrogens (tertiary/aromatic N) is 2. The summed E-state index contributed by atoms with van der Waals surface area (Å²) in [7, 11) is 2.32. The van der Waals surface area contributed by atoms with Crippen molar-refractivity contribution in [1.82, 2.24) is 9.88 Å². The van der Waals surface area contributed by atoms with E-state index in [0.29, 0.717) is 23.8 Å². The highest BCUT2D eigenvalue weighted by Crippen LogP contribution is 2.44. The molecular formula is C30H44N4OS+2. The Morgan fingerprint density at radius 3 is 2.78 bits per heavy atom. The number of likely N-dealkylation sites (tertiary alicyclic amines) is 1. The Kier molecular flexibility index (Phi) is 6.95. The third-order valence-corrected chi connectivity index (χ3v) is 11.2. The average molecular weight is 509 g/mol. The van der Waals surface area contributed by atoms with Crippen molar-refractivity contribution >= 4 is 17.2 Å². The molecule has 6 heteroatoms. The van der Waals surface area contributed by atoms with Crippen molar-refractivity contribution in [1.29, 1.82) is 0 Å². The average Bonchev–Trinajstić information content (AvgIpc) is 3.48. The molecule has 4 aliphatic rings. The van der Waals surface area contributed by atoms with Crippen LogP contribution in [0.4, 0.5) is 0 Å². The van der Waals surface area contributed by atoms with Gasteiger partial charge in [-0.1, -0.05) is 49.6 Å². The minimum atomic E-state index is -0.0632. The standard InChI is InChI=1S/C30H42N4OS/c1-21-32-26-14-15-33(2)20-30(28(26)36-21)19-31-18-25(30)29(35)34-16-13-24(22-9-5-3-6-10-22)17-27(34)23-11-7-4-8-12-23/h3,5-6,9-10,23-25,27,31H,4,7-8,11-20H2,1-2H3/p+2/t24-,25?,27+,30+/m1/s1. The second kappa shape index (κ2) is 10.2. The van der Waals surface area contributed by atoms with Gasteiger partial charge in [0.15, 0.2) is 0 Å². The number of fused-ring (bicyclic) bond motifs is 2. The summed E-state index contributed by atoms with van der Waals surface area (Å²) < 4.78 is 0. The lowest BCUT2D eigenvalue weighted by Crippen LogP contribution is -3.11. The van der Waals surface area contributed by atoms with Crippen molar-refractivity contribution in [3.8, 4) is 0 Å². The number of piperidine rings is 1. The van der Waals surface area contributed by atoms with Crippen LogP contribution in [0.3, 0.4) is 0 Å². The number of benzene rings is 1. The second-order valence-electron chi connectivity index (χ2n) is 12.2. The summed E-state index contributed by atoms with van der Waals surface area (Å²) in [5.41, 5.74) is 2.69. The van der Waals surface area contributed by atoms with Crippen molar-refractivity contribution in [2.75, 3.05) is 39.8 Å². The van der Waals surface area contributed by atoms with Crippen molar-refractivity contribution in [3.05, 3.63) is 51.5 Å². The molecule has 6 rings (SSSR count). The van der Waals surface area contributed by atoms with Crippen molar-refractivity contribution in [2.45, 2.75) is 75.7 Å². The van der Waals surface area contributed by atoms with Crippen LogP contribution in [-0.2, 0) is 16.6 Å². The zero-order valence-corrected chi connectivity index (χ0v) is 23.0. The predicted octanol–water partition coefficient (Wildman–Crippen LogP) is 2.31. The maximum atomic E-state index is 14.7. The van der Waals surface area contributed by atoms with Crippen LogP contribution in [0.1, 0.15) is 72.0 Å². The van der Waals surface area contributed by atoms with E-state index in [9.17, 15) is 4.79 Å². The zero-order valence-electron chi connectivity index (χ0n) is 22.2. The molecule has 1 spiro atoms. The lowest BCUT2D eigenvalue weighted by Gasteiger charge is -2.46. The Morgan fingerprint density at radius 2 is 1.97 bits per heavy atom. The first kappa shape index (κ1) is 24.6. The molecule has 3 N–H and O–H groups in total. The van der Waals surface area contributed by atoms with E-state index in [0.717, 1.165) is 52.0 Å². The van der Waals surface area contributed by atoms with E-state index in [2.05, 4.69) is 54.5 Å². The molecule has 3 fully saturated rings.